The van der Waals surface area contributed by atoms with Gasteiger partial charge in [-0.25, -0.2) is 4.79 Å². The van der Waals surface area contributed by atoms with E-state index >= 15 is 0 Å². The van der Waals surface area contributed by atoms with Gasteiger partial charge in [-0.15, -0.1) is 0 Å². The van der Waals surface area contributed by atoms with E-state index in [-0.39, 0.29) is 12.6 Å². The van der Waals surface area contributed by atoms with Crippen molar-refractivity contribution in [2.45, 2.75) is 39.7 Å². The Morgan fingerprint density at radius 2 is 2.04 bits per heavy atom. The molecule has 0 radical (unpaired) electrons. The molecule has 2 amide bonds. The second-order valence-corrected chi connectivity index (χ2v) is 6.27. The van der Waals surface area contributed by atoms with E-state index < -0.39 is 5.60 Å². The number of aliphatic hydroxyl groups is 1. The summed E-state index contributed by atoms with van der Waals surface area (Å²) < 4.78 is 5.44. The second-order valence-electron chi connectivity index (χ2n) is 6.27. The molecule has 0 aliphatic heterocycles. The van der Waals surface area contributed by atoms with E-state index in [1.807, 2.05) is 32.2 Å². The first kappa shape index (κ1) is 18.0. The Hall–Kier alpha value is -2.34. The van der Waals surface area contributed by atoms with Crippen LogP contribution in [-0.2, 0) is 12.0 Å². The van der Waals surface area contributed by atoms with Gasteiger partial charge in [-0.2, -0.15) is 0 Å². The molecule has 2 aromatic heterocycles. The number of carbonyl (C=O) groups excluding carboxylic acids is 1. The number of nitrogens with one attached hydrogen (secondary N) is 2. The predicted octanol–water partition coefficient (Wildman–Crippen LogP) is 2.35. The van der Waals surface area contributed by atoms with E-state index in [1.54, 1.807) is 19.9 Å². The van der Waals surface area contributed by atoms with Gasteiger partial charge in [0, 0.05) is 24.0 Å². The smallest absolute Gasteiger partial charge is 0.314 e. The van der Waals surface area contributed by atoms with Crippen LogP contribution in [0.25, 0.3) is 0 Å². The third-order valence-electron chi connectivity index (χ3n) is 3.89. The summed E-state index contributed by atoms with van der Waals surface area (Å²) in [5.74, 6) is 1.39. The molecule has 0 spiro atoms. The van der Waals surface area contributed by atoms with Crippen molar-refractivity contribution < 1.29 is 14.3 Å². The molecule has 3 N–H and O–H groups in total. The minimum atomic E-state index is -1.18. The molecule has 0 fully saturated rings. The molecule has 2 heterocycles. The molecule has 6 nitrogen and oxygen atoms in total. The van der Waals surface area contributed by atoms with Gasteiger partial charge in [-0.1, -0.05) is 6.07 Å². The summed E-state index contributed by atoms with van der Waals surface area (Å²) in [6, 6.07) is 5.42. The van der Waals surface area contributed by atoms with Crippen molar-refractivity contribution in [2.75, 3.05) is 13.1 Å². The fraction of sp³-hybridized carbons (Fsp3) is 0.444. The molecule has 2 aromatic rings. The van der Waals surface area contributed by atoms with Crippen molar-refractivity contribution in [3.63, 3.8) is 0 Å². The number of furan rings is 1. The maximum absolute atomic E-state index is 11.9. The number of rotatable bonds is 6. The summed E-state index contributed by atoms with van der Waals surface area (Å²) in [6.45, 7) is 7.82. The number of aryl methyl sites for hydroxylation is 3. The topological polar surface area (TPSA) is 87.4 Å². The van der Waals surface area contributed by atoms with E-state index in [0.29, 0.717) is 24.3 Å². The van der Waals surface area contributed by atoms with Crippen LogP contribution in [0.15, 0.2) is 28.8 Å². The van der Waals surface area contributed by atoms with Crippen LogP contribution in [0.5, 0.6) is 0 Å². The number of hydrogen-bond donors (Lipinski definition) is 3. The lowest BCUT2D eigenvalue weighted by atomic mass is 9.96. The molecular formula is C18H25N3O3. The van der Waals surface area contributed by atoms with Crippen LogP contribution < -0.4 is 10.6 Å². The summed E-state index contributed by atoms with van der Waals surface area (Å²) >= 11 is 0. The zero-order chi connectivity index (χ0) is 17.7. The molecular weight excluding hydrogens is 306 g/mol. The van der Waals surface area contributed by atoms with Crippen LogP contribution >= 0.6 is 0 Å². The first-order chi connectivity index (χ1) is 11.3. The molecule has 6 heteroatoms. The molecule has 0 aliphatic carbocycles. The summed E-state index contributed by atoms with van der Waals surface area (Å²) in [4.78, 5) is 16.1. The number of pyridine rings is 1. The number of nitrogens with zero attached hydrogens (tertiary/aromatic N) is 1. The van der Waals surface area contributed by atoms with Crippen LogP contribution in [0.3, 0.4) is 0 Å². The van der Waals surface area contributed by atoms with Crippen molar-refractivity contribution in [1.82, 2.24) is 15.6 Å². The van der Waals surface area contributed by atoms with Gasteiger partial charge in [0.2, 0.25) is 0 Å². The minimum Gasteiger partial charge on any atom is -0.466 e. The van der Waals surface area contributed by atoms with Crippen LogP contribution in [0.4, 0.5) is 4.79 Å². The monoisotopic (exact) mass is 331 g/mol. The van der Waals surface area contributed by atoms with Crippen molar-refractivity contribution in [3.05, 3.63) is 52.7 Å². The molecule has 130 valence electrons. The minimum absolute atomic E-state index is 0.102. The van der Waals surface area contributed by atoms with E-state index in [4.69, 9.17) is 4.42 Å². The van der Waals surface area contributed by atoms with Crippen molar-refractivity contribution in [3.8, 4) is 0 Å². The highest BCUT2D eigenvalue weighted by Crippen LogP contribution is 2.26. The van der Waals surface area contributed by atoms with Crippen molar-refractivity contribution in [2.24, 2.45) is 0 Å². The third kappa shape index (κ3) is 4.83. The molecule has 0 aromatic carbocycles. The van der Waals surface area contributed by atoms with E-state index in [9.17, 15) is 9.90 Å². The standard InChI is InChI=1S/C18H25N3O3/c1-12-5-6-15(10-20-12)7-8-19-17(22)21-11-18(4,23)16-9-13(2)24-14(16)3/h5-6,9-10,23H,7-8,11H2,1-4H3,(H2,19,21,22)/t18-/m1/s1. The van der Waals surface area contributed by atoms with E-state index in [0.717, 1.165) is 17.0 Å². The first-order valence-corrected chi connectivity index (χ1v) is 8.01. The highest BCUT2D eigenvalue weighted by Gasteiger charge is 2.28. The molecule has 1 atom stereocenters. The van der Waals surface area contributed by atoms with Gasteiger partial charge in [-0.05, 0) is 51.8 Å². The van der Waals surface area contributed by atoms with E-state index in [2.05, 4.69) is 15.6 Å². The highest BCUT2D eigenvalue weighted by molar-refractivity contribution is 5.73. The van der Waals surface area contributed by atoms with E-state index in [1.165, 1.54) is 0 Å². The van der Waals surface area contributed by atoms with Crippen molar-refractivity contribution in [1.29, 1.82) is 0 Å². The lowest BCUT2D eigenvalue weighted by molar-refractivity contribution is 0.0579. The average molecular weight is 331 g/mol. The maximum Gasteiger partial charge on any atom is 0.314 e. The fourth-order valence-electron chi connectivity index (χ4n) is 2.54. The Morgan fingerprint density at radius 1 is 1.29 bits per heavy atom. The zero-order valence-electron chi connectivity index (χ0n) is 14.6. The molecule has 0 saturated heterocycles. The summed E-state index contributed by atoms with van der Waals surface area (Å²) in [5, 5.41) is 16.0. The van der Waals surface area contributed by atoms with Crippen LogP contribution in [0.1, 0.15) is 35.3 Å². The quantitative estimate of drug-likeness (QED) is 0.758. The fourth-order valence-corrected chi connectivity index (χ4v) is 2.54. The molecule has 2 rings (SSSR count). The van der Waals surface area contributed by atoms with Crippen LogP contribution in [-0.4, -0.2) is 29.2 Å². The first-order valence-electron chi connectivity index (χ1n) is 8.01. The Morgan fingerprint density at radius 3 is 2.62 bits per heavy atom. The SMILES string of the molecule is Cc1ccc(CCNC(=O)NC[C@@](C)(O)c2cc(C)oc2C)cn1. The van der Waals surface area contributed by atoms with Crippen LogP contribution in [0, 0.1) is 20.8 Å². The van der Waals surface area contributed by atoms with Crippen LogP contribution in [0.2, 0.25) is 0 Å². The third-order valence-corrected chi connectivity index (χ3v) is 3.89. The molecule has 0 aliphatic rings. The Balaban J connectivity index is 1.78. The largest absolute Gasteiger partial charge is 0.466 e. The van der Waals surface area contributed by atoms with Crippen molar-refractivity contribution >= 4 is 6.03 Å². The number of hydrogen-bond acceptors (Lipinski definition) is 4. The molecule has 0 unspecified atom stereocenters. The summed E-state index contributed by atoms with van der Waals surface area (Å²) in [6.07, 6.45) is 2.51. The Bertz CT molecular complexity index is 690. The van der Waals surface area contributed by atoms with Gasteiger partial charge in [0.25, 0.3) is 0 Å². The van der Waals surface area contributed by atoms with Gasteiger partial charge in [0.15, 0.2) is 0 Å². The van der Waals surface area contributed by atoms with Gasteiger partial charge in [0.1, 0.15) is 17.1 Å². The number of aromatic nitrogens is 1. The predicted molar refractivity (Wildman–Crippen MR) is 91.8 cm³/mol. The van der Waals surface area contributed by atoms with Gasteiger partial charge in [-0.3, -0.25) is 4.98 Å². The lowest BCUT2D eigenvalue weighted by Crippen LogP contribution is -2.44. The zero-order valence-corrected chi connectivity index (χ0v) is 14.6. The Labute approximate surface area is 142 Å². The maximum atomic E-state index is 11.9. The average Bonchev–Trinajstić information content (AvgIpc) is 2.87. The number of amides is 2. The van der Waals surface area contributed by atoms with Gasteiger partial charge < -0.3 is 20.2 Å². The number of carbonyl (C=O) groups is 1. The molecule has 24 heavy (non-hydrogen) atoms. The molecule has 0 saturated carbocycles. The lowest BCUT2D eigenvalue weighted by Gasteiger charge is -2.23. The summed E-state index contributed by atoms with van der Waals surface area (Å²) in [7, 11) is 0. The normalized spacial score (nSPS) is 13.4. The van der Waals surface area contributed by atoms with Gasteiger partial charge >= 0.3 is 6.03 Å². The van der Waals surface area contributed by atoms with Gasteiger partial charge in [0.05, 0.1) is 6.54 Å². The Kier molecular flexibility index (Phi) is 5.62. The molecule has 0 bridgehead atoms. The number of urea groups is 1. The second kappa shape index (κ2) is 7.49. The highest BCUT2D eigenvalue weighted by atomic mass is 16.3. The summed E-state index contributed by atoms with van der Waals surface area (Å²) in [5.41, 5.74) is 1.54.